The molecule has 1 aromatic carbocycles. The molecule has 10 heteroatoms. The Kier molecular flexibility index (Phi) is 6.96. The summed E-state index contributed by atoms with van der Waals surface area (Å²) in [5, 5.41) is 0. The van der Waals surface area contributed by atoms with Crippen LogP contribution in [0.15, 0.2) is 46.1 Å². The zero-order chi connectivity index (χ0) is 20.7. The van der Waals surface area contributed by atoms with Gasteiger partial charge in [-0.3, -0.25) is 34.4 Å². The van der Waals surface area contributed by atoms with Gasteiger partial charge >= 0.3 is 5.69 Å². The summed E-state index contributed by atoms with van der Waals surface area (Å²) >= 11 is 0. The van der Waals surface area contributed by atoms with Crippen molar-refractivity contribution in [3.05, 3.63) is 57.4 Å². The second-order valence-corrected chi connectivity index (χ2v) is 5.83. The Hall–Kier alpha value is -3.56. The summed E-state index contributed by atoms with van der Waals surface area (Å²) in [6.07, 6.45) is 0.336. The van der Waals surface area contributed by atoms with Crippen LogP contribution in [0.2, 0.25) is 0 Å². The summed E-state index contributed by atoms with van der Waals surface area (Å²) in [6, 6.07) is 7.94. The van der Waals surface area contributed by atoms with Crippen LogP contribution in [-0.4, -0.2) is 33.7 Å². The van der Waals surface area contributed by atoms with E-state index in [1.807, 2.05) is 6.92 Å². The number of aromatic nitrogens is 2. The molecule has 2 rings (SSSR count). The van der Waals surface area contributed by atoms with Crippen LogP contribution in [-0.2, 0) is 23.2 Å². The van der Waals surface area contributed by atoms with Crippen molar-refractivity contribution < 1.29 is 19.1 Å². The van der Waals surface area contributed by atoms with E-state index in [1.165, 1.54) is 26.2 Å². The summed E-state index contributed by atoms with van der Waals surface area (Å²) in [6.45, 7) is 3.58. The average Bonchev–Trinajstić information content (AvgIpc) is 2.68. The topological polar surface area (TPSA) is 121 Å². The highest BCUT2D eigenvalue weighted by atomic mass is 16.5. The lowest BCUT2D eigenvalue weighted by atomic mass is 10.3. The number of hydrogen-bond acceptors (Lipinski definition) is 6. The maximum absolute atomic E-state index is 12.0. The first-order valence-corrected chi connectivity index (χ1v) is 8.56. The van der Waals surface area contributed by atoms with Crippen LogP contribution in [0.3, 0.4) is 0 Å². The standard InChI is InChI=1S/C18H22N4O6/c1-4-27-13-5-7-14(8-6-13)28-12(2)17(25)20-19-15(23)11-22-10-9-16(24)21(3)18(22)26/h5-10,12H,4,11H2,1-3H3,(H,19,23)(H,20,25). The Labute approximate surface area is 160 Å². The number of ether oxygens (including phenoxy) is 2. The van der Waals surface area contributed by atoms with Gasteiger partial charge in [0.1, 0.15) is 18.0 Å². The van der Waals surface area contributed by atoms with Gasteiger partial charge in [0.05, 0.1) is 6.61 Å². The lowest BCUT2D eigenvalue weighted by Crippen LogP contribution is -2.49. The molecule has 1 aromatic heterocycles. The maximum atomic E-state index is 12.0. The minimum absolute atomic E-state index is 0.360. The van der Waals surface area contributed by atoms with Crippen molar-refractivity contribution in [1.29, 1.82) is 0 Å². The molecule has 0 fully saturated rings. The van der Waals surface area contributed by atoms with Crippen LogP contribution in [0.1, 0.15) is 13.8 Å². The molecule has 1 unspecified atom stereocenters. The molecule has 1 atom stereocenters. The molecule has 28 heavy (non-hydrogen) atoms. The first-order chi connectivity index (χ1) is 13.3. The fourth-order valence-corrected chi connectivity index (χ4v) is 2.20. The highest BCUT2D eigenvalue weighted by molar-refractivity contribution is 5.84. The van der Waals surface area contributed by atoms with E-state index in [1.54, 1.807) is 24.3 Å². The van der Waals surface area contributed by atoms with Gasteiger partial charge in [0, 0.05) is 19.3 Å². The molecule has 2 N–H and O–H groups in total. The SMILES string of the molecule is CCOc1ccc(OC(C)C(=O)NNC(=O)Cn2ccc(=O)n(C)c2=O)cc1. The highest BCUT2D eigenvalue weighted by Gasteiger charge is 2.16. The van der Waals surface area contributed by atoms with Crippen LogP contribution in [0.25, 0.3) is 0 Å². The second kappa shape index (κ2) is 9.40. The third-order valence-corrected chi connectivity index (χ3v) is 3.72. The van der Waals surface area contributed by atoms with Crippen molar-refractivity contribution in [2.75, 3.05) is 6.61 Å². The first-order valence-electron chi connectivity index (χ1n) is 8.56. The van der Waals surface area contributed by atoms with Crippen molar-refractivity contribution in [3.8, 4) is 11.5 Å². The van der Waals surface area contributed by atoms with E-state index in [2.05, 4.69) is 10.9 Å². The molecule has 2 amide bonds. The van der Waals surface area contributed by atoms with Crippen LogP contribution < -0.4 is 31.6 Å². The molecule has 0 aliphatic rings. The van der Waals surface area contributed by atoms with Crippen LogP contribution >= 0.6 is 0 Å². The van der Waals surface area contributed by atoms with E-state index in [-0.39, 0.29) is 6.54 Å². The lowest BCUT2D eigenvalue weighted by Gasteiger charge is -2.15. The number of hydrogen-bond donors (Lipinski definition) is 2. The molecular weight excluding hydrogens is 368 g/mol. The molecular formula is C18H22N4O6. The molecule has 0 aliphatic carbocycles. The largest absolute Gasteiger partial charge is 0.494 e. The number of carbonyl (C=O) groups is 2. The number of nitrogens with one attached hydrogen (secondary N) is 2. The number of nitrogens with zero attached hydrogens (tertiary/aromatic N) is 2. The Balaban J connectivity index is 1.85. The zero-order valence-electron chi connectivity index (χ0n) is 15.8. The van der Waals surface area contributed by atoms with E-state index in [4.69, 9.17) is 9.47 Å². The molecule has 10 nitrogen and oxygen atoms in total. The molecule has 0 radical (unpaired) electrons. The number of amides is 2. The fourth-order valence-electron chi connectivity index (χ4n) is 2.20. The molecule has 150 valence electrons. The number of benzene rings is 1. The van der Waals surface area contributed by atoms with E-state index in [0.29, 0.717) is 18.1 Å². The Morgan fingerprint density at radius 2 is 1.71 bits per heavy atom. The van der Waals surface area contributed by atoms with Gasteiger partial charge in [0.2, 0.25) is 0 Å². The number of carbonyl (C=O) groups excluding carboxylic acids is 2. The van der Waals surface area contributed by atoms with Gasteiger partial charge < -0.3 is 9.47 Å². The van der Waals surface area contributed by atoms with Crippen LogP contribution in [0.4, 0.5) is 0 Å². The van der Waals surface area contributed by atoms with Crippen molar-refractivity contribution in [2.24, 2.45) is 7.05 Å². The lowest BCUT2D eigenvalue weighted by molar-refractivity contribution is -0.133. The average molecular weight is 390 g/mol. The Morgan fingerprint density at radius 3 is 2.36 bits per heavy atom. The quantitative estimate of drug-likeness (QED) is 0.619. The third kappa shape index (κ3) is 5.47. The summed E-state index contributed by atoms with van der Waals surface area (Å²) < 4.78 is 12.7. The van der Waals surface area contributed by atoms with Gasteiger partial charge in [-0.05, 0) is 38.1 Å². The predicted octanol–water partition coefficient (Wildman–Crippen LogP) is -0.439. The second-order valence-electron chi connectivity index (χ2n) is 5.83. The van der Waals surface area contributed by atoms with Gasteiger partial charge in [-0.15, -0.1) is 0 Å². The number of rotatable bonds is 7. The molecule has 0 aliphatic heterocycles. The van der Waals surface area contributed by atoms with E-state index < -0.39 is 29.2 Å². The normalized spacial score (nSPS) is 11.4. The van der Waals surface area contributed by atoms with E-state index in [0.717, 1.165) is 9.13 Å². The van der Waals surface area contributed by atoms with Crippen molar-refractivity contribution in [1.82, 2.24) is 20.0 Å². The Bertz CT molecular complexity index is 948. The van der Waals surface area contributed by atoms with Gasteiger partial charge in [-0.1, -0.05) is 0 Å². The first kappa shape index (κ1) is 20.7. The maximum Gasteiger partial charge on any atom is 0.331 e. The zero-order valence-corrected chi connectivity index (χ0v) is 15.8. The summed E-state index contributed by atoms with van der Waals surface area (Å²) in [5.74, 6) is -0.0560. The summed E-state index contributed by atoms with van der Waals surface area (Å²) in [5.41, 5.74) is 3.31. The molecule has 1 heterocycles. The molecule has 0 saturated heterocycles. The van der Waals surface area contributed by atoms with Gasteiger partial charge in [0.25, 0.3) is 17.4 Å². The highest BCUT2D eigenvalue weighted by Crippen LogP contribution is 2.18. The minimum Gasteiger partial charge on any atom is -0.494 e. The molecule has 0 bridgehead atoms. The summed E-state index contributed by atoms with van der Waals surface area (Å²) in [4.78, 5) is 47.2. The van der Waals surface area contributed by atoms with Crippen molar-refractivity contribution in [3.63, 3.8) is 0 Å². The van der Waals surface area contributed by atoms with Gasteiger partial charge in [-0.2, -0.15) is 0 Å². The Morgan fingerprint density at radius 1 is 1.07 bits per heavy atom. The van der Waals surface area contributed by atoms with Crippen molar-refractivity contribution in [2.45, 2.75) is 26.5 Å². The number of hydrazine groups is 1. The van der Waals surface area contributed by atoms with Gasteiger partial charge in [0.15, 0.2) is 6.10 Å². The smallest absolute Gasteiger partial charge is 0.331 e. The monoisotopic (exact) mass is 390 g/mol. The molecule has 0 saturated carbocycles. The molecule has 2 aromatic rings. The van der Waals surface area contributed by atoms with Gasteiger partial charge in [-0.25, -0.2) is 4.79 Å². The minimum atomic E-state index is -0.876. The van der Waals surface area contributed by atoms with E-state index in [9.17, 15) is 19.2 Å². The fraction of sp³-hybridized carbons (Fsp3) is 0.333. The third-order valence-electron chi connectivity index (χ3n) is 3.72. The van der Waals surface area contributed by atoms with Crippen LogP contribution in [0.5, 0.6) is 11.5 Å². The van der Waals surface area contributed by atoms with E-state index >= 15 is 0 Å². The van der Waals surface area contributed by atoms with Crippen molar-refractivity contribution >= 4 is 11.8 Å². The molecule has 0 spiro atoms. The predicted molar refractivity (Wildman–Crippen MR) is 99.9 cm³/mol. The summed E-state index contributed by atoms with van der Waals surface area (Å²) in [7, 11) is 1.31. The van der Waals surface area contributed by atoms with Crippen LogP contribution in [0, 0.1) is 0 Å².